The minimum atomic E-state index is -1.06. The Morgan fingerprint density at radius 1 is 1.43 bits per heavy atom. The minimum absolute atomic E-state index is 0.0390. The monoisotopic (exact) mass is 335 g/mol. The van der Waals surface area contributed by atoms with Crippen LogP contribution in [0.1, 0.15) is 17.3 Å². The van der Waals surface area contributed by atoms with Gasteiger partial charge in [-0.1, -0.05) is 6.07 Å². The summed E-state index contributed by atoms with van der Waals surface area (Å²) in [5.41, 5.74) is 1.10. The average molecular weight is 335 g/mol. The molecule has 7 nitrogen and oxygen atoms in total. The Labute approximate surface area is 137 Å². The third-order valence-corrected chi connectivity index (χ3v) is 4.51. The van der Waals surface area contributed by atoms with E-state index in [1.165, 1.54) is 16.2 Å². The van der Waals surface area contributed by atoms with Crippen LogP contribution in [-0.4, -0.2) is 57.0 Å². The van der Waals surface area contributed by atoms with Crippen molar-refractivity contribution < 1.29 is 19.4 Å². The van der Waals surface area contributed by atoms with Gasteiger partial charge in [0.25, 0.3) is 5.91 Å². The molecule has 23 heavy (non-hydrogen) atoms. The molecule has 0 spiro atoms. The van der Waals surface area contributed by atoms with Crippen LogP contribution in [0.4, 0.5) is 0 Å². The minimum Gasteiger partial charge on any atom is -0.479 e. The quantitative estimate of drug-likeness (QED) is 0.918. The summed E-state index contributed by atoms with van der Waals surface area (Å²) in [6, 6.07) is 3.81. The normalized spacial score (nSPS) is 21.4. The topological polar surface area (TPSA) is 84.7 Å². The molecule has 2 atom stereocenters. The van der Waals surface area contributed by atoms with E-state index >= 15 is 0 Å². The highest BCUT2D eigenvalue weighted by Gasteiger charge is 2.34. The average Bonchev–Trinajstić information content (AvgIpc) is 3.14. The molecule has 0 aromatic carbocycles. The predicted molar refractivity (Wildman–Crippen MR) is 84.4 cm³/mol. The number of aliphatic carboxylic acids is 1. The SMILES string of the molecule is C[C@@H]1CN(C(=O)c2cn(C)nc2-c2cccs2)CC(C(=O)O)O1. The van der Waals surface area contributed by atoms with Crippen LogP contribution in [0.15, 0.2) is 23.7 Å². The zero-order valence-electron chi connectivity index (χ0n) is 12.8. The molecular formula is C15H17N3O4S. The van der Waals surface area contributed by atoms with Crippen LogP contribution < -0.4 is 0 Å². The van der Waals surface area contributed by atoms with Gasteiger partial charge in [-0.3, -0.25) is 9.48 Å². The lowest BCUT2D eigenvalue weighted by molar-refractivity contribution is -0.160. The number of carboxylic acid groups (broad SMARTS) is 1. The second kappa shape index (κ2) is 6.13. The highest BCUT2D eigenvalue weighted by molar-refractivity contribution is 7.13. The first-order valence-corrected chi connectivity index (χ1v) is 8.08. The molecule has 3 heterocycles. The molecular weight excluding hydrogens is 318 g/mol. The van der Waals surface area contributed by atoms with Gasteiger partial charge in [0.1, 0.15) is 5.69 Å². The summed E-state index contributed by atoms with van der Waals surface area (Å²) in [6.07, 6.45) is 0.355. The van der Waals surface area contributed by atoms with Crippen LogP contribution in [0.5, 0.6) is 0 Å². The molecule has 0 saturated carbocycles. The van der Waals surface area contributed by atoms with Crippen molar-refractivity contribution in [1.82, 2.24) is 14.7 Å². The predicted octanol–water partition coefficient (Wildman–Crippen LogP) is 1.46. The third-order valence-electron chi connectivity index (χ3n) is 3.64. The van der Waals surface area contributed by atoms with E-state index in [1.807, 2.05) is 17.5 Å². The molecule has 1 amide bonds. The molecule has 1 saturated heterocycles. The van der Waals surface area contributed by atoms with Gasteiger partial charge in [0, 0.05) is 19.8 Å². The van der Waals surface area contributed by atoms with Crippen LogP contribution in [0.3, 0.4) is 0 Å². The van der Waals surface area contributed by atoms with Gasteiger partial charge in [0.15, 0.2) is 6.10 Å². The Balaban J connectivity index is 1.90. The molecule has 0 radical (unpaired) electrons. The smallest absolute Gasteiger partial charge is 0.334 e. The first kappa shape index (κ1) is 15.7. The largest absolute Gasteiger partial charge is 0.479 e. The standard InChI is InChI=1S/C15H17N3O4S/c1-9-6-18(8-11(22-9)15(20)21)14(19)10-7-17(2)16-13(10)12-4-3-5-23-12/h3-5,7,9,11H,6,8H2,1-2H3,(H,20,21)/t9-,11?/m1/s1. The Morgan fingerprint density at radius 3 is 2.87 bits per heavy atom. The first-order chi connectivity index (χ1) is 11.0. The lowest BCUT2D eigenvalue weighted by Crippen LogP contribution is -2.51. The molecule has 1 N–H and O–H groups in total. The van der Waals surface area contributed by atoms with E-state index in [2.05, 4.69) is 5.10 Å². The van der Waals surface area contributed by atoms with E-state index in [4.69, 9.17) is 9.84 Å². The number of morpholine rings is 1. The van der Waals surface area contributed by atoms with Crippen molar-refractivity contribution in [3.8, 4) is 10.6 Å². The molecule has 122 valence electrons. The molecule has 8 heteroatoms. The van der Waals surface area contributed by atoms with Crippen molar-refractivity contribution in [2.75, 3.05) is 13.1 Å². The summed E-state index contributed by atoms with van der Waals surface area (Å²) >= 11 is 1.51. The fourth-order valence-electron chi connectivity index (χ4n) is 2.66. The van der Waals surface area contributed by atoms with Gasteiger partial charge in [-0.15, -0.1) is 11.3 Å². The van der Waals surface area contributed by atoms with Gasteiger partial charge in [-0.2, -0.15) is 5.10 Å². The summed E-state index contributed by atoms with van der Waals surface area (Å²) in [5, 5.41) is 15.5. The molecule has 3 rings (SSSR count). The number of carboxylic acids is 1. The second-order valence-electron chi connectivity index (χ2n) is 5.53. The van der Waals surface area contributed by atoms with Crippen molar-refractivity contribution >= 4 is 23.2 Å². The summed E-state index contributed by atoms with van der Waals surface area (Å²) in [5.74, 6) is -1.28. The maximum atomic E-state index is 12.9. The summed E-state index contributed by atoms with van der Waals surface area (Å²) in [6.45, 7) is 2.16. The maximum Gasteiger partial charge on any atom is 0.334 e. The summed E-state index contributed by atoms with van der Waals surface area (Å²) < 4.78 is 6.96. The first-order valence-electron chi connectivity index (χ1n) is 7.20. The Bertz CT molecular complexity index is 725. The van der Waals surface area contributed by atoms with Gasteiger partial charge in [-0.05, 0) is 18.4 Å². The number of hydrogen-bond acceptors (Lipinski definition) is 5. The summed E-state index contributed by atoms with van der Waals surface area (Å²) in [7, 11) is 1.76. The number of ether oxygens (including phenoxy) is 1. The Morgan fingerprint density at radius 2 is 2.22 bits per heavy atom. The Kier molecular flexibility index (Phi) is 4.18. The van der Waals surface area contributed by atoms with Crippen molar-refractivity contribution in [2.45, 2.75) is 19.1 Å². The third kappa shape index (κ3) is 3.13. The lowest BCUT2D eigenvalue weighted by atomic mass is 10.1. The van der Waals surface area contributed by atoms with Crippen LogP contribution in [-0.2, 0) is 16.6 Å². The number of amides is 1. The van der Waals surface area contributed by atoms with Crippen LogP contribution in [0.2, 0.25) is 0 Å². The van der Waals surface area contributed by atoms with Crippen LogP contribution in [0, 0.1) is 0 Å². The molecule has 1 fully saturated rings. The van der Waals surface area contributed by atoms with E-state index in [0.29, 0.717) is 17.8 Å². The number of aromatic nitrogens is 2. The van der Waals surface area contributed by atoms with Crippen molar-refractivity contribution in [1.29, 1.82) is 0 Å². The molecule has 2 aromatic heterocycles. The number of aryl methyl sites for hydroxylation is 1. The molecule has 1 aliphatic rings. The van der Waals surface area contributed by atoms with E-state index in [0.717, 1.165) is 4.88 Å². The van der Waals surface area contributed by atoms with Gasteiger partial charge in [0.2, 0.25) is 0 Å². The number of hydrogen-bond donors (Lipinski definition) is 1. The Hall–Kier alpha value is -2.19. The van der Waals surface area contributed by atoms with E-state index in [-0.39, 0.29) is 18.6 Å². The van der Waals surface area contributed by atoms with E-state index in [1.54, 1.807) is 24.9 Å². The number of nitrogens with zero attached hydrogens (tertiary/aromatic N) is 3. The molecule has 0 aliphatic carbocycles. The number of rotatable bonds is 3. The molecule has 0 bridgehead atoms. The number of carbonyl (C=O) groups excluding carboxylic acids is 1. The molecule has 1 aliphatic heterocycles. The van der Waals surface area contributed by atoms with Crippen LogP contribution >= 0.6 is 11.3 Å². The van der Waals surface area contributed by atoms with E-state index < -0.39 is 12.1 Å². The second-order valence-corrected chi connectivity index (χ2v) is 6.47. The highest BCUT2D eigenvalue weighted by Crippen LogP contribution is 2.28. The highest BCUT2D eigenvalue weighted by atomic mass is 32.1. The fraction of sp³-hybridized carbons (Fsp3) is 0.400. The van der Waals surface area contributed by atoms with Crippen LogP contribution in [0.25, 0.3) is 10.6 Å². The van der Waals surface area contributed by atoms with Gasteiger partial charge in [-0.25, -0.2) is 4.79 Å². The van der Waals surface area contributed by atoms with Gasteiger partial charge in [0.05, 0.1) is 23.1 Å². The van der Waals surface area contributed by atoms with Crippen molar-refractivity contribution in [3.63, 3.8) is 0 Å². The van der Waals surface area contributed by atoms with Gasteiger partial charge >= 0.3 is 5.97 Å². The van der Waals surface area contributed by atoms with Gasteiger partial charge < -0.3 is 14.7 Å². The van der Waals surface area contributed by atoms with Crippen molar-refractivity contribution in [3.05, 3.63) is 29.3 Å². The van der Waals surface area contributed by atoms with E-state index in [9.17, 15) is 9.59 Å². The van der Waals surface area contributed by atoms with Crippen molar-refractivity contribution in [2.24, 2.45) is 7.05 Å². The summed E-state index contributed by atoms with van der Waals surface area (Å²) in [4.78, 5) is 26.5. The lowest BCUT2D eigenvalue weighted by Gasteiger charge is -2.34. The molecule has 1 unspecified atom stereocenters. The zero-order chi connectivity index (χ0) is 16.6. The maximum absolute atomic E-state index is 12.9. The zero-order valence-corrected chi connectivity index (χ0v) is 13.6. The number of carbonyl (C=O) groups is 2. The number of thiophene rings is 1. The molecule has 2 aromatic rings. The fourth-order valence-corrected chi connectivity index (χ4v) is 3.39.